The summed E-state index contributed by atoms with van der Waals surface area (Å²) in [6.07, 6.45) is 0.211. The zero-order valence-corrected chi connectivity index (χ0v) is 12.3. The van der Waals surface area contributed by atoms with Crippen molar-refractivity contribution in [3.63, 3.8) is 0 Å². The van der Waals surface area contributed by atoms with Gasteiger partial charge in [-0.05, 0) is 19.4 Å². The summed E-state index contributed by atoms with van der Waals surface area (Å²) in [7, 11) is 0. The van der Waals surface area contributed by atoms with E-state index < -0.39 is 28.2 Å². The molecular formula is C14H15F2N3O4. The summed E-state index contributed by atoms with van der Waals surface area (Å²) in [5.41, 5.74) is 5.26. The van der Waals surface area contributed by atoms with Gasteiger partial charge in [0.15, 0.2) is 5.82 Å². The zero-order valence-electron chi connectivity index (χ0n) is 12.3. The molecule has 1 aliphatic rings. The summed E-state index contributed by atoms with van der Waals surface area (Å²) in [5.74, 6) is -3.36. The Labute approximate surface area is 130 Å². The van der Waals surface area contributed by atoms with Gasteiger partial charge in [0.1, 0.15) is 0 Å². The molecule has 0 saturated heterocycles. The fourth-order valence-corrected chi connectivity index (χ4v) is 2.36. The number of anilines is 1. The summed E-state index contributed by atoms with van der Waals surface area (Å²) in [4.78, 5) is 22.7. The van der Waals surface area contributed by atoms with Crippen molar-refractivity contribution in [2.75, 3.05) is 24.6 Å². The van der Waals surface area contributed by atoms with E-state index in [1.807, 2.05) is 0 Å². The number of esters is 1. The monoisotopic (exact) mass is 327 g/mol. The lowest BCUT2D eigenvalue weighted by Crippen LogP contribution is -2.37. The third kappa shape index (κ3) is 3.22. The second-order valence-corrected chi connectivity index (χ2v) is 4.88. The second kappa shape index (κ2) is 6.59. The predicted molar refractivity (Wildman–Crippen MR) is 77.7 cm³/mol. The first kappa shape index (κ1) is 16.7. The quantitative estimate of drug-likeness (QED) is 0.515. The number of rotatable bonds is 4. The van der Waals surface area contributed by atoms with Crippen molar-refractivity contribution in [1.82, 2.24) is 0 Å². The topological polar surface area (TPSA) is 98.7 Å². The standard InChI is InChI=1S/C14H15F2N3O4/c1-2-23-14(20)8-5-6-18(7-9(8)17)10-3-4-11(19(21)22)13(16)12(10)15/h3-4H,2,5-7,17H2,1H3. The normalized spacial score (nSPS) is 14.8. The maximum Gasteiger partial charge on any atom is 0.335 e. The number of nitrogens with two attached hydrogens (primary N) is 1. The first-order chi connectivity index (χ1) is 10.9. The highest BCUT2D eigenvalue weighted by atomic mass is 19.2. The summed E-state index contributed by atoms with van der Waals surface area (Å²) < 4.78 is 32.6. The predicted octanol–water partition coefficient (Wildman–Crippen LogP) is 1.86. The average molecular weight is 327 g/mol. The Morgan fingerprint density at radius 2 is 2.13 bits per heavy atom. The largest absolute Gasteiger partial charge is 0.463 e. The second-order valence-electron chi connectivity index (χ2n) is 4.88. The van der Waals surface area contributed by atoms with Crippen molar-refractivity contribution >= 4 is 17.3 Å². The first-order valence-electron chi connectivity index (χ1n) is 6.88. The minimum atomic E-state index is -1.52. The van der Waals surface area contributed by atoms with E-state index in [9.17, 15) is 23.7 Å². The lowest BCUT2D eigenvalue weighted by Gasteiger charge is -2.30. The van der Waals surface area contributed by atoms with Crippen molar-refractivity contribution in [2.24, 2.45) is 5.73 Å². The number of nitrogens with zero attached hydrogens (tertiary/aromatic N) is 2. The molecule has 2 rings (SSSR count). The smallest absolute Gasteiger partial charge is 0.335 e. The Morgan fingerprint density at radius 1 is 1.43 bits per heavy atom. The van der Waals surface area contributed by atoms with E-state index in [4.69, 9.17) is 10.5 Å². The van der Waals surface area contributed by atoms with Crippen LogP contribution in [0.3, 0.4) is 0 Å². The third-order valence-electron chi connectivity index (χ3n) is 3.48. The Hall–Kier alpha value is -2.71. The van der Waals surface area contributed by atoms with Gasteiger partial charge in [-0.2, -0.15) is 4.39 Å². The van der Waals surface area contributed by atoms with Crippen LogP contribution in [0, 0.1) is 21.7 Å². The molecule has 23 heavy (non-hydrogen) atoms. The molecule has 0 radical (unpaired) electrons. The molecule has 1 aliphatic heterocycles. The van der Waals surface area contributed by atoms with E-state index in [1.54, 1.807) is 6.92 Å². The molecule has 0 saturated carbocycles. The van der Waals surface area contributed by atoms with Gasteiger partial charge in [-0.3, -0.25) is 10.1 Å². The number of halogens is 2. The fourth-order valence-electron chi connectivity index (χ4n) is 2.36. The summed E-state index contributed by atoms with van der Waals surface area (Å²) in [5, 5.41) is 10.6. The number of hydrogen-bond donors (Lipinski definition) is 1. The molecule has 1 aromatic carbocycles. The number of carbonyl (C=O) groups is 1. The van der Waals surface area contributed by atoms with Crippen LogP contribution in [0.2, 0.25) is 0 Å². The van der Waals surface area contributed by atoms with Gasteiger partial charge >= 0.3 is 11.7 Å². The first-order valence-corrected chi connectivity index (χ1v) is 6.88. The van der Waals surface area contributed by atoms with Gasteiger partial charge in [0.25, 0.3) is 0 Å². The highest BCUT2D eigenvalue weighted by molar-refractivity contribution is 5.90. The minimum absolute atomic E-state index is 0.00230. The van der Waals surface area contributed by atoms with Gasteiger partial charge < -0.3 is 15.4 Å². The molecule has 7 nitrogen and oxygen atoms in total. The maximum absolute atomic E-state index is 14.0. The van der Waals surface area contributed by atoms with E-state index in [-0.39, 0.29) is 37.5 Å². The molecule has 0 aromatic heterocycles. The van der Waals surface area contributed by atoms with Gasteiger partial charge in [0.05, 0.1) is 29.3 Å². The average Bonchev–Trinajstić information content (AvgIpc) is 2.49. The number of nitro groups is 1. The molecule has 2 N–H and O–H groups in total. The van der Waals surface area contributed by atoms with E-state index in [0.717, 1.165) is 12.1 Å². The highest BCUT2D eigenvalue weighted by Gasteiger charge is 2.28. The minimum Gasteiger partial charge on any atom is -0.463 e. The van der Waals surface area contributed by atoms with Gasteiger partial charge in [0.2, 0.25) is 5.82 Å². The van der Waals surface area contributed by atoms with E-state index in [0.29, 0.717) is 5.57 Å². The van der Waals surface area contributed by atoms with Crippen LogP contribution in [0.25, 0.3) is 0 Å². The van der Waals surface area contributed by atoms with Crippen LogP contribution in [-0.4, -0.2) is 30.6 Å². The van der Waals surface area contributed by atoms with Gasteiger partial charge in [-0.15, -0.1) is 0 Å². The van der Waals surface area contributed by atoms with Crippen molar-refractivity contribution in [2.45, 2.75) is 13.3 Å². The molecule has 9 heteroatoms. The van der Waals surface area contributed by atoms with Crippen LogP contribution in [0.15, 0.2) is 23.4 Å². The zero-order chi connectivity index (χ0) is 17.1. The highest BCUT2D eigenvalue weighted by Crippen LogP contribution is 2.30. The van der Waals surface area contributed by atoms with Crippen LogP contribution < -0.4 is 10.6 Å². The Bertz CT molecular complexity index is 691. The van der Waals surface area contributed by atoms with Crippen molar-refractivity contribution in [1.29, 1.82) is 0 Å². The summed E-state index contributed by atoms with van der Waals surface area (Å²) in [6, 6.07) is 2.02. The molecule has 1 aromatic rings. The van der Waals surface area contributed by atoms with Gasteiger partial charge in [-0.1, -0.05) is 0 Å². The molecule has 0 amide bonds. The van der Waals surface area contributed by atoms with Crippen LogP contribution in [0.1, 0.15) is 13.3 Å². The fraction of sp³-hybridized carbons (Fsp3) is 0.357. The van der Waals surface area contributed by atoms with Crippen LogP contribution in [-0.2, 0) is 9.53 Å². The third-order valence-corrected chi connectivity index (χ3v) is 3.48. The van der Waals surface area contributed by atoms with Crippen LogP contribution in [0.4, 0.5) is 20.2 Å². The molecule has 0 fully saturated rings. The van der Waals surface area contributed by atoms with Crippen LogP contribution in [0.5, 0.6) is 0 Å². The van der Waals surface area contributed by atoms with Gasteiger partial charge in [-0.25, -0.2) is 9.18 Å². The van der Waals surface area contributed by atoms with Crippen LogP contribution >= 0.6 is 0 Å². The molecule has 0 unspecified atom stereocenters. The summed E-state index contributed by atoms with van der Waals surface area (Å²) in [6.45, 7) is 2.09. The van der Waals surface area contributed by atoms with Crippen molar-refractivity contribution < 1.29 is 23.2 Å². The van der Waals surface area contributed by atoms with Gasteiger partial charge in [0, 0.05) is 18.3 Å². The lowest BCUT2D eigenvalue weighted by molar-refractivity contribution is -0.387. The number of ether oxygens (including phenoxy) is 1. The Balaban J connectivity index is 2.28. The number of benzene rings is 1. The molecule has 0 aliphatic carbocycles. The summed E-state index contributed by atoms with van der Waals surface area (Å²) >= 11 is 0. The SMILES string of the molecule is CCOC(=O)C1=C(N)CN(c2ccc([N+](=O)[O-])c(F)c2F)CC1. The molecule has 1 heterocycles. The molecule has 0 atom stereocenters. The number of nitro benzene ring substituents is 1. The Morgan fingerprint density at radius 3 is 2.70 bits per heavy atom. The Kier molecular flexibility index (Phi) is 4.77. The van der Waals surface area contributed by atoms with E-state index >= 15 is 0 Å². The number of hydrogen-bond acceptors (Lipinski definition) is 6. The maximum atomic E-state index is 14.0. The molecule has 0 bridgehead atoms. The van der Waals surface area contributed by atoms with Crippen molar-refractivity contribution in [3.8, 4) is 0 Å². The molecule has 124 valence electrons. The lowest BCUT2D eigenvalue weighted by atomic mass is 10.0. The van der Waals surface area contributed by atoms with E-state index in [1.165, 1.54) is 4.90 Å². The number of carbonyl (C=O) groups excluding carboxylic acids is 1. The molecule has 0 spiro atoms. The van der Waals surface area contributed by atoms with Crippen molar-refractivity contribution in [3.05, 3.63) is 45.2 Å². The molecular weight excluding hydrogens is 312 g/mol. The van der Waals surface area contributed by atoms with E-state index in [2.05, 4.69) is 0 Å².